The lowest BCUT2D eigenvalue weighted by Gasteiger charge is -2.32. The second kappa shape index (κ2) is 10.4. The summed E-state index contributed by atoms with van der Waals surface area (Å²) in [5.74, 6) is 3.29. The Labute approximate surface area is 193 Å². The molecule has 0 saturated carbocycles. The number of pyridine rings is 1. The lowest BCUT2D eigenvalue weighted by atomic mass is 10.1. The minimum Gasteiger partial charge on any atom is -0.497 e. The number of carbonyl (C=O) groups excluding carboxylic acids is 1. The fraction of sp³-hybridized carbons (Fsp3) is 0.500. The van der Waals surface area contributed by atoms with Crippen LogP contribution in [0.2, 0.25) is 0 Å². The summed E-state index contributed by atoms with van der Waals surface area (Å²) >= 11 is 2.02. The molecule has 0 spiro atoms. The van der Waals surface area contributed by atoms with Crippen LogP contribution in [0.3, 0.4) is 0 Å². The number of carbonyl (C=O) groups is 1. The lowest BCUT2D eigenvalue weighted by molar-refractivity contribution is 0.0945. The van der Waals surface area contributed by atoms with Gasteiger partial charge in [0.1, 0.15) is 17.1 Å². The Hall–Kier alpha value is -2.45. The molecule has 0 atom stereocenters. The van der Waals surface area contributed by atoms with E-state index in [0.717, 1.165) is 30.1 Å². The molecule has 0 aliphatic carbocycles. The minimum atomic E-state index is -0.219. The SMILES string of the molecule is COc1ccc(CNC(=O)c2c(OC)cc(=O)n3c2CCN(C2CCSCC2)CC3)cc1. The van der Waals surface area contributed by atoms with E-state index in [1.54, 1.807) is 11.7 Å². The van der Waals surface area contributed by atoms with Crippen molar-refractivity contribution in [3.63, 3.8) is 0 Å². The van der Waals surface area contributed by atoms with E-state index in [2.05, 4.69) is 10.2 Å². The number of hydrogen-bond acceptors (Lipinski definition) is 6. The van der Waals surface area contributed by atoms with Crippen LogP contribution in [0.4, 0.5) is 0 Å². The number of amides is 1. The first kappa shape index (κ1) is 22.7. The van der Waals surface area contributed by atoms with Gasteiger partial charge in [-0.05, 0) is 42.0 Å². The third kappa shape index (κ3) is 4.96. The summed E-state index contributed by atoms with van der Waals surface area (Å²) in [7, 11) is 3.13. The molecule has 1 aromatic carbocycles. The highest BCUT2D eigenvalue weighted by Gasteiger charge is 2.28. The summed E-state index contributed by atoms with van der Waals surface area (Å²) in [4.78, 5) is 28.6. The van der Waals surface area contributed by atoms with Gasteiger partial charge >= 0.3 is 0 Å². The summed E-state index contributed by atoms with van der Waals surface area (Å²) in [5, 5.41) is 3.00. The maximum Gasteiger partial charge on any atom is 0.257 e. The third-order valence-corrected chi connectivity index (χ3v) is 7.44. The highest BCUT2D eigenvalue weighted by Crippen LogP contribution is 2.26. The molecule has 0 bridgehead atoms. The van der Waals surface area contributed by atoms with Crippen LogP contribution in [0, 0.1) is 0 Å². The summed E-state index contributed by atoms with van der Waals surface area (Å²) in [6, 6.07) is 9.59. The molecule has 32 heavy (non-hydrogen) atoms. The number of hydrogen-bond donors (Lipinski definition) is 1. The number of nitrogens with zero attached hydrogens (tertiary/aromatic N) is 2. The van der Waals surface area contributed by atoms with E-state index in [4.69, 9.17) is 9.47 Å². The van der Waals surface area contributed by atoms with Gasteiger partial charge in [0.15, 0.2) is 0 Å². The first-order valence-corrected chi connectivity index (χ1v) is 12.3. The average Bonchev–Trinajstić information content (AvgIpc) is 3.07. The molecule has 0 radical (unpaired) electrons. The molecule has 0 unspecified atom stereocenters. The maximum absolute atomic E-state index is 13.3. The summed E-state index contributed by atoms with van der Waals surface area (Å²) in [6.45, 7) is 2.67. The maximum atomic E-state index is 13.3. The molecule has 1 amide bonds. The van der Waals surface area contributed by atoms with Gasteiger partial charge in [0, 0.05) is 50.4 Å². The first-order chi connectivity index (χ1) is 15.6. The smallest absolute Gasteiger partial charge is 0.257 e. The van der Waals surface area contributed by atoms with Crippen LogP contribution < -0.4 is 20.3 Å². The molecule has 1 fully saturated rings. The zero-order valence-electron chi connectivity index (χ0n) is 18.8. The Kier molecular flexibility index (Phi) is 7.42. The molecule has 1 N–H and O–H groups in total. The number of rotatable bonds is 6. The van der Waals surface area contributed by atoms with Crippen molar-refractivity contribution in [1.82, 2.24) is 14.8 Å². The fourth-order valence-electron chi connectivity index (χ4n) is 4.60. The number of thioether (sulfide) groups is 1. The highest BCUT2D eigenvalue weighted by atomic mass is 32.2. The largest absolute Gasteiger partial charge is 0.497 e. The fourth-order valence-corrected chi connectivity index (χ4v) is 5.68. The topological polar surface area (TPSA) is 72.8 Å². The van der Waals surface area contributed by atoms with Crippen molar-refractivity contribution in [3.8, 4) is 11.5 Å². The van der Waals surface area contributed by atoms with Crippen molar-refractivity contribution in [3.05, 3.63) is 57.5 Å². The van der Waals surface area contributed by atoms with E-state index in [9.17, 15) is 9.59 Å². The van der Waals surface area contributed by atoms with Gasteiger partial charge in [0.05, 0.1) is 14.2 Å². The van der Waals surface area contributed by atoms with Gasteiger partial charge in [-0.2, -0.15) is 11.8 Å². The second-order valence-corrected chi connectivity index (χ2v) is 9.41. The Morgan fingerprint density at radius 1 is 1.09 bits per heavy atom. The molecule has 1 saturated heterocycles. The molecule has 172 valence electrons. The Morgan fingerprint density at radius 3 is 2.53 bits per heavy atom. The molecular formula is C24H31N3O4S. The van der Waals surface area contributed by atoms with Crippen LogP contribution in [-0.4, -0.2) is 60.2 Å². The van der Waals surface area contributed by atoms with Gasteiger partial charge in [-0.15, -0.1) is 0 Å². The van der Waals surface area contributed by atoms with Crippen molar-refractivity contribution in [2.75, 3.05) is 38.8 Å². The van der Waals surface area contributed by atoms with Gasteiger partial charge in [0.25, 0.3) is 11.5 Å². The third-order valence-electron chi connectivity index (χ3n) is 6.39. The first-order valence-electron chi connectivity index (χ1n) is 11.1. The molecule has 8 heteroatoms. The van der Waals surface area contributed by atoms with Gasteiger partial charge in [0.2, 0.25) is 0 Å². The van der Waals surface area contributed by atoms with E-state index in [1.807, 2.05) is 36.0 Å². The molecule has 2 aromatic rings. The number of benzene rings is 1. The minimum absolute atomic E-state index is 0.107. The molecule has 1 aromatic heterocycles. The molecule has 3 heterocycles. The zero-order valence-corrected chi connectivity index (χ0v) is 19.6. The number of aromatic nitrogens is 1. The highest BCUT2D eigenvalue weighted by molar-refractivity contribution is 7.99. The van der Waals surface area contributed by atoms with Gasteiger partial charge in [-0.3, -0.25) is 14.5 Å². The molecule has 2 aliphatic heterocycles. The van der Waals surface area contributed by atoms with E-state index in [-0.39, 0.29) is 11.5 Å². The Balaban J connectivity index is 1.55. The van der Waals surface area contributed by atoms with E-state index >= 15 is 0 Å². The van der Waals surface area contributed by atoms with E-state index in [1.165, 1.54) is 37.5 Å². The van der Waals surface area contributed by atoms with Gasteiger partial charge in [-0.1, -0.05) is 12.1 Å². The van der Waals surface area contributed by atoms with Gasteiger partial charge < -0.3 is 19.4 Å². The zero-order chi connectivity index (χ0) is 22.5. The molecule has 2 aliphatic rings. The number of fused-ring (bicyclic) bond motifs is 1. The van der Waals surface area contributed by atoms with Crippen LogP contribution in [0.15, 0.2) is 35.1 Å². The Bertz CT molecular complexity index is 1000. The Morgan fingerprint density at radius 2 is 1.84 bits per heavy atom. The van der Waals surface area contributed by atoms with Crippen LogP contribution >= 0.6 is 11.8 Å². The second-order valence-electron chi connectivity index (χ2n) is 8.18. The summed E-state index contributed by atoms with van der Waals surface area (Å²) in [6.07, 6.45) is 3.03. The molecule has 4 rings (SSSR count). The summed E-state index contributed by atoms with van der Waals surface area (Å²) < 4.78 is 12.4. The number of ether oxygens (including phenoxy) is 2. The average molecular weight is 458 g/mol. The van der Waals surface area contributed by atoms with Crippen molar-refractivity contribution >= 4 is 17.7 Å². The van der Waals surface area contributed by atoms with Crippen molar-refractivity contribution in [1.29, 1.82) is 0 Å². The van der Waals surface area contributed by atoms with Crippen molar-refractivity contribution in [2.45, 2.75) is 38.4 Å². The number of nitrogens with one attached hydrogen (secondary N) is 1. The normalized spacial score (nSPS) is 17.3. The van der Waals surface area contributed by atoms with E-state index in [0.29, 0.717) is 36.9 Å². The summed E-state index contributed by atoms with van der Waals surface area (Å²) in [5.41, 5.74) is 2.11. The van der Waals surface area contributed by atoms with Crippen LogP contribution in [-0.2, 0) is 19.5 Å². The number of methoxy groups -OCH3 is 2. The van der Waals surface area contributed by atoms with Crippen LogP contribution in [0.5, 0.6) is 11.5 Å². The lowest BCUT2D eigenvalue weighted by Crippen LogP contribution is -2.40. The van der Waals surface area contributed by atoms with E-state index < -0.39 is 0 Å². The van der Waals surface area contributed by atoms with Crippen molar-refractivity contribution in [2.24, 2.45) is 0 Å². The van der Waals surface area contributed by atoms with Crippen LogP contribution in [0.1, 0.15) is 34.5 Å². The monoisotopic (exact) mass is 457 g/mol. The predicted molar refractivity (Wildman–Crippen MR) is 127 cm³/mol. The van der Waals surface area contributed by atoms with Crippen molar-refractivity contribution < 1.29 is 14.3 Å². The quantitative estimate of drug-likeness (QED) is 0.719. The predicted octanol–water partition coefficient (Wildman–Crippen LogP) is 2.55. The molecular weight excluding hydrogens is 426 g/mol. The standard InChI is InChI=1S/C24H31N3O4S/c1-30-19-5-3-17(4-6-19)16-25-24(29)23-20-7-10-26(18-8-13-32-14-9-18)11-12-27(20)22(28)15-21(23)31-2/h3-6,15,18H,7-14,16H2,1-2H3,(H,25,29). The van der Waals surface area contributed by atoms with Gasteiger partial charge in [-0.25, -0.2) is 0 Å². The molecule has 7 nitrogen and oxygen atoms in total. The van der Waals surface area contributed by atoms with Crippen LogP contribution in [0.25, 0.3) is 0 Å².